The molecule has 0 saturated carbocycles. The third kappa shape index (κ3) is 3.52. The van der Waals surface area contributed by atoms with Gasteiger partial charge in [-0.05, 0) is 39.7 Å². The lowest BCUT2D eigenvalue weighted by atomic mass is 10.2. The molecule has 0 fully saturated rings. The summed E-state index contributed by atoms with van der Waals surface area (Å²) in [4.78, 5) is 10.1. The maximum atomic E-state index is 13.3. The summed E-state index contributed by atoms with van der Waals surface area (Å²) in [5.41, 5.74) is 0.0138. The number of rotatable bonds is 4. The van der Waals surface area contributed by atoms with E-state index < -0.39 is 28.1 Å². The van der Waals surface area contributed by atoms with Gasteiger partial charge in [-0.15, -0.1) is 0 Å². The van der Waals surface area contributed by atoms with Crippen LogP contribution in [-0.4, -0.2) is 4.92 Å². The molecule has 0 aliphatic rings. The van der Waals surface area contributed by atoms with Gasteiger partial charge in [-0.2, -0.15) is 0 Å². The number of benzene rings is 2. The Morgan fingerprint density at radius 3 is 2.43 bits per heavy atom. The van der Waals surface area contributed by atoms with Crippen LogP contribution in [0.25, 0.3) is 0 Å². The normalized spacial score (nSPS) is 10.5. The quantitative estimate of drug-likeness (QED) is 0.649. The van der Waals surface area contributed by atoms with Crippen LogP contribution >= 0.6 is 15.9 Å². The zero-order valence-electron chi connectivity index (χ0n) is 10.4. The Balaban J connectivity index is 2.24. The average Bonchev–Trinajstić information content (AvgIpc) is 2.43. The lowest BCUT2D eigenvalue weighted by molar-refractivity contribution is -0.384. The highest BCUT2D eigenvalue weighted by molar-refractivity contribution is 9.10. The smallest absolute Gasteiger partial charge is 0.295 e. The van der Waals surface area contributed by atoms with Crippen molar-refractivity contribution in [1.82, 2.24) is 0 Å². The van der Waals surface area contributed by atoms with Crippen LogP contribution in [0.3, 0.4) is 0 Å². The maximum absolute atomic E-state index is 13.3. The van der Waals surface area contributed by atoms with Crippen molar-refractivity contribution in [2.75, 3.05) is 5.32 Å². The molecule has 0 atom stereocenters. The number of halogens is 4. The molecule has 110 valence electrons. The zero-order valence-corrected chi connectivity index (χ0v) is 12.0. The van der Waals surface area contributed by atoms with Crippen molar-refractivity contribution in [2.24, 2.45) is 0 Å². The molecular weight excluding hydrogens is 353 g/mol. The fourth-order valence-corrected chi connectivity index (χ4v) is 2.02. The van der Waals surface area contributed by atoms with E-state index in [1.807, 2.05) is 0 Å². The molecule has 0 spiro atoms. The topological polar surface area (TPSA) is 55.2 Å². The first-order valence-corrected chi connectivity index (χ1v) is 6.49. The molecule has 0 bridgehead atoms. The summed E-state index contributed by atoms with van der Waals surface area (Å²) in [5, 5.41) is 13.6. The largest absolute Gasteiger partial charge is 0.375 e. The predicted octanol–water partition coefficient (Wildman–Crippen LogP) is 4.39. The average molecular weight is 361 g/mol. The van der Waals surface area contributed by atoms with E-state index in [2.05, 4.69) is 21.2 Å². The van der Waals surface area contributed by atoms with E-state index in [1.54, 1.807) is 0 Å². The van der Waals surface area contributed by atoms with Crippen molar-refractivity contribution in [2.45, 2.75) is 6.54 Å². The Labute approximate surface area is 125 Å². The summed E-state index contributed by atoms with van der Waals surface area (Å²) < 4.78 is 39.2. The molecule has 0 saturated heterocycles. The number of nitrogens with one attached hydrogen (secondary N) is 1. The van der Waals surface area contributed by atoms with E-state index in [0.29, 0.717) is 5.56 Å². The van der Waals surface area contributed by atoms with Gasteiger partial charge in [0.25, 0.3) is 5.69 Å². The Bertz CT molecular complexity index is 710. The van der Waals surface area contributed by atoms with E-state index in [9.17, 15) is 23.3 Å². The number of anilines is 1. The highest BCUT2D eigenvalue weighted by Crippen LogP contribution is 2.30. The van der Waals surface area contributed by atoms with Gasteiger partial charge in [-0.25, -0.2) is 13.2 Å². The van der Waals surface area contributed by atoms with Crippen molar-refractivity contribution >= 4 is 27.3 Å². The van der Waals surface area contributed by atoms with Gasteiger partial charge in [0.1, 0.15) is 11.5 Å². The lowest BCUT2D eigenvalue weighted by Gasteiger charge is -2.08. The van der Waals surface area contributed by atoms with Crippen LogP contribution in [-0.2, 0) is 6.54 Å². The molecule has 2 rings (SSSR count). The summed E-state index contributed by atoms with van der Waals surface area (Å²) in [6.07, 6.45) is 0. The molecule has 0 aromatic heterocycles. The van der Waals surface area contributed by atoms with Gasteiger partial charge in [-0.1, -0.05) is 6.07 Å². The van der Waals surface area contributed by atoms with Gasteiger partial charge in [0.15, 0.2) is 11.6 Å². The second-order valence-corrected chi connectivity index (χ2v) is 5.00. The molecule has 1 N–H and O–H groups in total. The van der Waals surface area contributed by atoms with E-state index >= 15 is 0 Å². The highest BCUT2D eigenvalue weighted by Gasteiger charge is 2.17. The summed E-state index contributed by atoms with van der Waals surface area (Å²) in [6, 6.07) is 5.27. The molecule has 0 aliphatic carbocycles. The van der Waals surface area contributed by atoms with Crippen LogP contribution in [0.1, 0.15) is 5.56 Å². The summed E-state index contributed by atoms with van der Waals surface area (Å²) in [5.74, 6) is -2.75. The minimum Gasteiger partial charge on any atom is -0.375 e. The SMILES string of the molecule is O=[N+]([O-])c1cc(F)c(Br)cc1NCc1ccc(F)c(F)c1. The summed E-state index contributed by atoms with van der Waals surface area (Å²) in [7, 11) is 0. The Kier molecular flexibility index (Phi) is 4.46. The number of nitrogens with zero attached hydrogens (tertiary/aromatic N) is 1. The van der Waals surface area contributed by atoms with Gasteiger partial charge < -0.3 is 5.32 Å². The second kappa shape index (κ2) is 6.13. The van der Waals surface area contributed by atoms with E-state index in [4.69, 9.17) is 0 Å². The van der Waals surface area contributed by atoms with Crippen LogP contribution in [0.4, 0.5) is 24.5 Å². The molecule has 0 amide bonds. The Morgan fingerprint density at radius 2 is 1.81 bits per heavy atom. The monoisotopic (exact) mass is 360 g/mol. The van der Waals surface area contributed by atoms with Gasteiger partial charge in [0.05, 0.1) is 15.5 Å². The molecule has 0 heterocycles. The molecule has 0 aliphatic heterocycles. The van der Waals surface area contributed by atoms with Crippen LogP contribution in [0, 0.1) is 27.6 Å². The van der Waals surface area contributed by atoms with E-state index in [-0.39, 0.29) is 16.7 Å². The van der Waals surface area contributed by atoms with Crippen LogP contribution in [0.2, 0.25) is 0 Å². The minimum absolute atomic E-state index is 0.0239. The summed E-state index contributed by atoms with van der Waals surface area (Å²) in [6.45, 7) is 0.0239. The molecular formula is C13H8BrF3N2O2. The lowest BCUT2D eigenvalue weighted by Crippen LogP contribution is -2.04. The molecule has 21 heavy (non-hydrogen) atoms. The Morgan fingerprint density at radius 1 is 1.10 bits per heavy atom. The van der Waals surface area contributed by atoms with Gasteiger partial charge in [-0.3, -0.25) is 10.1 Å². The molecule has 8 heteroatoms. The third-order valence-corrected chi connectivity index (χ3v) is 3.31. The first kappa shape index (κ1) is 15.3. The number of hydrogen-bond donors (Lipinski definition) is 1. The van der Waals surface area contributed by atoms with Gasteiger partial charge in [0, 0.05) is 6.54 Å². The minimum atomic E-state index is -1.01. The van der Waals surface area contributed by atoms with Crippen molar-refractivity contribution in [3.8, 4) is 0 Å². The first-order valence-electron chi connectivity index (χ1n) is 5.69. The van der Waals surface area contributed by atoms with Gasteiger partial charge in [0.2, 0.25) is 0 Å². The first-order chi connectivity index (χ1) is 9.88. The van der Waals surface area contributed by atoms with Crippen molar-refractivity contribution in [3.63, 3.8) is 0 Å². The number of nitro groups is 1. The predicted molar refractivity (Wildman–Crippen MR) is 74.4 cm³/mol. The fourth-order valence-electron chi connectivity index (χ4n) is 1.68. The third-order valence-electron chi connectivity index (χ3n) is 2.70. The van der Waals surface area contributed by atoms with Crippen molar-refractivity contribution < 1.29 is 18.1 Å². The molecule has 4 nitrogen and oxygen atoms in total. The molecule has 2 aromatic carbocycles. The molecule has 0 unspecified atom stereocenters. The summed E-state index contributed by atoms with van der Waals surface area (Å²) >= 11 is 2.93. The van der Waals surface area contributed by atoms with Crippen LogP contribution < -0.4 is 5.32 Å². The maximum Gasteiger partial charge on any atom is 0.295 e. The standard InChI is InChI=1S/C13H8BrF3N2O2/c14-8-4-12(13(19(20)21)5-10(8)16)18-6-7-1-2-9(15)11(17)3-7/h1-5,18H,6H2. The van der Waals surface area contributed by atoms with E-state index in [0.717, 1.165) is 18.2 Å². The zero-order chi connectivity index (χ0) is 15.6. The molecule has 0 radical (unpaired) electrons. The number of nitro benzene ring substituents is 1. The van der Waals surface area contributed by atoms with Crippen molar-refractivity contribution in [3.05, 3.63) is 67.9 Å². The highest BCUT2D eigenvalue weighted by atomic mass is 79.9. The Hall–Kier alpha value is -2.09. The van der Waals surface area contributed by atoms with E-state index in [1.165, 1.54) is 12.1 Å². The molecule has 2 aromatic rings. The van der Waals surface area contributed by atoms with Crippen LogP contribution in [0.5, 0.6) is 0 Å². The second-order valence-electron chi connectivity index (χ2n) is 4.14. The van der Waals surface area contributed by atoms with Gasteiger partial charge >= 0.3 is 0 Å². The number of hydrogen-bond acceptors (Lipinski definition) is 3. The fraction of sp³-hybridized carbons (Fsp3) is 0.0769. The van der Waals surface area contributed by atoms with Crippen LogP contribution in [0.15, 0.2) is 34.8 Å². The van der Waals surface area contributed by atoms with Crippen molar-refractivity contribution in [1.29, 1.82) is 0 Å².